The molecule has 0 bridgehead atoms. The van der Waals surface area contributed by atoms with Gasteiger partial charge < -0.3 is 19.7 Å². The molecule has 0 unspecified atom stereocenters. The smallest absolute Gasteiger partial charge is 0.330 e. The molecule has 2 aromatic rings. The van der Waals surface area contributed by atoms with E-state index in [1.54, 1.807) is 24.3 Å². The van der Waals surface area contributed by atoms with Gasteiger partial charge in [0.1, 0.15) is 18.1 Å². The van der Waals surface area contributed by atoms with Gasteiger partial charge in [0.05, 0.1) is 25.4 Å². The topological polar surface area (TPSA) is 114 Å². The highest BCUT2D eigenvalue weighted by Gasteiger charge is 2.35. The van der Waals surface area contributed by atoms with Gasteiger partial charge in [-0.2, -0.15) is 0 Å². The Balaban J connectivity index is 2.04. The van der Waals surface area contributed by atoms with Gasteiger partial charge in [0.15, 0.2) is 0 Å². The monoisotopic (exact) mass is 334 g/mol. The van der Waals surface area contributed by atoms with E-state index in [0.29, 0.717) is 11.3 Å². The maximum absolute atomic E-state index is 12.2. The number of hydrogen-bond donors (Lipinski definition) is 3. The third-order valence-corrected chi connectivity index (χ3v) is 4.04. The first-order valence-electron chi connectivity index (χ1n) is 7.47. The number of methoxy groups -OCH3 is 1. The summed E-state index contributed by atoms with van der Waals surface area (Å²) in [6.07, 6.45) is -0.846. The Labute approximate surface area is 136 Å². The van der Waals surface area contributed by atoms with Crippen LogP contribution in [-0.4, -0.2) is 45.7 Å². The average Bonchev–Trinajstić information content (AvgIpc) is 2.95. The van der Waals surface area contributed by atoms with E-state index in [0.717, 1.165) is 0 Å². The molecule has 0 amide bonds. The highest BCUT2D eigenvalue weighted by molar-refractivity contribution is 5.63. The fraction of sp³-hybridized carbons (Fsp3) is 0.375. The summed E-state index contributed by atoms with van der Waals surface area (Å²) in [7, 11) is 1.52. The quantitative estimate of drug-likeness (QED) is 0.717. The molecular formula is C16H18N2O6. The molecule has 2 heterocycles. The number of aromatic nitrogens is 2. The number of ether oxygens (including phenoxy) is 2. The first-order chi connectivity index (χ1) is 11.5. The lowest BCUT2D eigenvalue weighted by Gasteiger charge is -2.15. The number of H-pyrrole nitrogens is 1. The second kappa shape index (κ2) is 6.60. The molecule has 128 valence electrons. The number of aliphatic hydroxyl groups excluding tert-OH is 2. The molecule has 1 saturated heterocycles. The first kappa shape index (κ1) is 16.4. The van der Waals surface area contributed by atoms with Crippen LogP contribution in [0.4, 0.5) is 0 Å². The summed E-state index contributed by atoms with van der Waals surface area (Å²) < 4.78 is 11.8. The van der Waals surface area contributed by atoms with Crippen molar-refractivity contribution < 1.29 is 19.7 Å². The van der Waals surface area contributed by atoms with Crippen LogP contribution in [0.2, 0.25) is 0 Å². The van der Waals surface area contributed by atoms with Crippen molar-refractivity contribution in [3.63, 3.8) is 0 Å². The van der Waals surface area contributed by atoms with E-state index in [4.69, 9.17) is 14.6 Å². The van der Waals surface area contributed by atoms with E-state index in [2.05, 4.69) is 4.98 Å². The van der Waals surface area contributed by atoms with Crippen LogP contribution in [0.1, 0.15) is 12.6 Å². The van der Waals surface area contributed by atoms with Gasteiger partial charge in [0.2, 0.25) is 0 Å². The maximum atomic E-state index is 12.2. The fourth-order valence-corrected chi connectivity index (χ4v) is 2.75. The summed E-state index contributed by atoms with van der Waals surface area (Å²) in [6, 6.07) is 6.89. The number of nitrogens with zero attached hydrogens (tertiary/aromatic N) is 1. The fourth-order valence-electron chi connectivity index (χ4n) is 2.75. The molecule has 0 radical (unpaired) electrons. The second-order valence-corrected chi connectivity index (χ2v) is 5.56. The number of hydrogen-bond acceptors (Lipinski definition) is 6. The molecular weight excluding hydrogens is 316 g/mol. The molecule has 1 aromatic carbocycles. The third-order valence-electron chi connectivity index (χ3n) is 4.04. The van der Waals surface area contributed by atoms with Crippen molar-refractivity contribution in [1.29, 1.82) is 0 Å². The standard InChI is InChI=1S/C16H18N2O6/c1-23-10-4-2-3-9(5-10)11-7-18(16(22)17-15(11)21)14-6-12(20)13(8-19)24-14/h2-5,7,12-14,19-20H,6,8H2,1H3,(H,17,21,22)/t12-,13+,14+/m0/s1. The summed E-state index contributed by atoms with van der Waals surface area (Å²) in [4.78, 5) is 26.5. The molecule has 0 saturated carbocycles. The predicted octanol–water partition coefficient (Wildman–Crippen LogP) is -0.147. The Morgan fingerprint density at radius 1 is 1.42 bits per heavy atom. The van der Waals surface area contributed by atoms with Gasteiger partial charge in [-0.3, -0.25) is 14.3 Å². The van der Waals surface area contributed by atoms with Crippen molar-refractivity contribution in [2.75, 3.05) is 13.7 Å². The largest absolute Gasteiger partial charge is 0.497 e. The zero-order valence-corrected chi connectivity index (χ0v) is 13.0. The zero-order chi connectivity index (χ0) is 17.3. The molecule has 24 heavy (non-hydrogen) atoms. The summed E-state index contributed by atoms with van der Waals surface area (Å²) in [6.45, 7) is -0.349. The van der Waals surface area contributed by atoms with Crippen LogP contribution in [0.25, 0.3) is 11.1 Å². The van der Waals surface area contributed by atoms with Crippen molar-refractivity contribution in [3.8, 4) is 16.9 Å². The van der Waals surface area contributed by atoms with E-state index < -0.39 is 29.7 Å². The lowest BCUT2D eigenvalue weighted by atomic mass is 10.1. The molecule has 1 fully saturated rings. The van der Waals surface area contributed by atoms with Gasteiger partial charge in [-0.05, 0) is 17.7 Å². The lowest BCUT2D eigenvalue weighted by molar-refractivity contribution is -0.0458. The Bertz CT molecular complexity index is 843. The predicted molar refractivity (Wildman–Crippen MR) is 84.9 cm³/mol. The summed E-state index contributed by atoms with van der Waals surface area (Å²) in [5.41, 5.74) is -0.301. The molecule has 3 N–H and O–H groups in total. The van der Waals surface area contributed by atoms with Crippen LogP contribution in [-0.2, 0) is 4.74 Å². The van der Waals surface area contributed by atoms with Gasteiger partial charge in [-0.15, -0.1) is 0 Å². The number of aromatic amines is 1. The average molecular weight is 334 g/mol. The normalized spacial score (nSPS) is 23.4. The highest BCUT2D eigenvalue weighted by Crippen LogP contribution is 2.28. The van der Waals surface area contributed by atoms with Crippen LogP contribution in [0.5, 0.6) is 5.75 Å². The summed E-state index contributed by atoms with van der Waals surface area (Å²) in [5, 5.41) is 19.0. The summed E-state index contributed by atoms with van der Waals surface area (Å²) in [5.74, 6) is 0.581. The molecule has 3 rings (SSSR count). The van der Waals surface area contributed by atoms with Crippen molar-refractivity contribution in [2.24, 2.45) is 0 Å². The maximum Gasteiger partial charge on any atom is 0.330 e. The van der Waals surface area contributed by atoms with E-state index in [1.165, 1.54) is 17.9 Å². The molecule has 3 atom stereocenters. The Morgan fingerprint density at radius 2 is 2.21 bits per heavy atom. The second-order valence-electron chi connectivity index (χ2n) is 5.56. The van der Waals surface area contributed by atoms with Gasteiger partial charge in [-0.1, -0.05) is 12.1 Å². The van der Waals surface area contributed by atoms with E-state index >= 15 is 0 Å². The van der Waals surface area contributed by atoms with Crippen molar-refractivity contribution >= 4 is 0 Å². The van der Waals surface area contributed by atoms with E-state index in [1.807, 2.05) is 0 Å². The van der Waals surface area contributed by atoms with Crippen LogP contribution < -0.4 is 16.0 Å². The van der Waals surface area contributed by atoms with Gasteiger partial charge in [-0.25, -0.2) is 4.79 Å². The van der Waals surface area contributed by atoms with Crippen LogP contribution in [0, 0.1) is 0 Å². The molecule has 1 aromatic heterocycles. The Hall–Kier alpha value is -2.42. The Morgan fingerprint density at radius 3 is 2.88 bits per heavy atom. The molecule has 0 aliphatic carbocycles. The minimum absolute atomic E-state index is 0.148. The molecule has 1 aliphatic rings. The van der Waals surface area contributed by atoms with Crippen LogP contribution in [0.3, 0.4) is 0 Å². The van der Waals surface area contributed by atoms with Crippen molar-refractivity contribution in [2.45, 2.75) is 24.9 Å². The van der Waals surface area contributed by atoms with Crippen molar-refractivity contribution in [3.05, 3.63) is 51.3 Å². The van der Waals surface area contributed by atoms with Crippen molar-refractivity contribution in [1.82, 2.24) is 9.55 Å². The molecule has 1 aliphatic heterocycles. The Kier molecular flexibility index (Phi) is 4.52. The molecule has 8 nitrogen and oxygen atoms in total. The number of rotatable bonds is 4. The minimum atomic E-state index is -0.876. The number of benzene rings is 1. The highest BCUT2D eigenvalue weighted by atomic mass is 16.5. The number of nitrogens with one attached hydrogen (secondary N) is 1. The summed E-state index contributed by atoms with van der Waals surface area (Å²) >= 11 is 0. The molecule has 8 heteroatoms. The van der Waals surface area contributed by atoms with E-state index in [-0.39, 0.29) is 18.6 Å². The first-order valence-corrected chi connectivity index (χ1v) is 7.47. The van der Waals surface area contributed by atoms with Gasteiger partial charge >= 0.3 is 5.69 Å². The lowest BCUT2D eigenvalue weighted by Crippen LogP contribution is -2.33. The zero-order valence-electron chi connectivity index (χ0n) is 13.0. The van der Waals surface area contributed by atoms with Crippen LogP contribution in [0.15, 0.2) is 40.1 Å². The SMILES string of the molecule is COc1cccc(-c2cn([C@H]3C[C@H](O)[C@@H](CO)O3)c(=O)[nH]c2=O)c1. The van der Waals surface area contributed by atoms with Crippen LogP contribution >= 0.6 is 0 Å². The number of aliphatic hydroxyl groups is 2. The van der Waals surface area contributed by atoms with E-state index in [9.17, 15) is 14.7 Å². The third kappa shape index (κ3) is 2.99. The minimum Gasteiger partial charge on any atom is -0.497 e. The van der Waals surface area contributed by atoms with Gasteiger partial charge in [0, 0.05) is 12.6 Å². The molecule has 0 spiro atoms. The van der Waals surface area contributed by atoms with Gasteiger partial charge in [0.25, 0.3) is 5.56 Å².